The van der Waals surface area contributed by atoms with Crippen molar-refractivity contribution in [1.82, 2.24) is 10.2 Å². The van der Waals surface area contributed by atoms with Crippen LogP contribution in [0.15, 0.2) is 24.3 Å². The van der Waals surface area contributed by atoms with Gasteiger partial charge in [-0.1, -0.05) is 32.4 Å². The van der Waals surface area contributed by atoms with E-state index in [0.29, 0.717) is 6.04 Å². The summed E-state index contributed by atoms with van der Waals surface area (Å²) in [5, 5.41) is 6.05. The van der Waals surface area contributed by atoms with Crippen molar-refractivity contribution in [3.63, 3.8) is 0 Å². The fourth-order valence-corrected chi connectivity index (χ4v) is 3.11. The predicted octanol–water partition coefficient (Wildman–Crippen LogP) is 4.03. The minimum atomic E-state index is -0.0831. The molecule has 128 valence electrons. The minimum Gasteiger partial charge on any atom is -0.335 e. The summed E-state index contributed by atoms with van der Waals surface area (Å²) in [6.45, 7) is 7.76. The van der Waals surface area contributed by atoms with E-state index in [1.54, 1.807) is 0 Å². The Hall–Kier alpha value is -1.55. The van der Waals surface area contributed by atoms with Gasteiger partial charge in [0, 0.05) is 24.8 Å². The number of hydrogen-bond acceptors (Lipinski definition) is 2. The molecular formula is C19H31N3O. The molecule has 1 aliphatic rings. The van der Waals surface area contributed by atoms with Gasteiger partial charge in [-0.25, -0.2) is 4.79 Å². The molecule has 0 saturated carbocycles. The summed E-state index contributed by atoms with van der Waals surface area (Å²) in [6.07, 6.45) is 6.82. The second-order valence-corrected chi connectivity index (χ2v) is 6.51. The van der Waals surface area contributed by atoms with E-state index >= 15 is 0 Å². The van der Waals surface area contributed by atoms with Gasteiger partial charge in [-0.05, 0) is 56.3 Å². The molecule has 4 heteroatoms. The Bertz CT molecular complexity index is 464. The summed E-state index contributed by atoms with van der Waals surface area (Å²) in [5.74, 6) is 0. The summed E-state index contributed by atoms with van der Waals surface area (Å²) >= 11 is 0. The molecule has 1 aliphatic heterocycles. The third kappa shape index (κ3) is 6.22. The third-order valence-electron chi connectivity index (χ3n) is 4.49. The standard InChI is InChI=1S/C19H31N3O/c1-3-5-6-16-7-9-17(10-8-16)20-19(23)21-18-11-14-22(13-4-2)15-12-18/h7-10,18H,3-6,11-15H2,1-2H3,(H2,20,21,23). The average molecular weight is 317 g/mol. The van der Waals surface area contributed by atoms with Crippen molar-refractivity contribution in [2.45, 2.75) is 58.4 Å². The van der Waals surface area contributed by atoms with Crippen LogP contribution < -0.4 is 10.6 Å². The molecule has 1 saturated heterocycles. The van der Waals surface area contributed by atoms with Gasteiger partial charge in [0.1, 0.15) is 0 Å². The van der Waals surface area contributed by atoms with Gasteiger partial charge in [0.25, 0.3) is 0 Å². The molecule has 23 heavy (non-hydrogen) atoms. The van der Waals surface area contributed by atoms with Crippen LogP contribution in [0.25, 0.3) is 0 Å². The first-order chi connectivity index (χ1) is 11.2. The first-order valence-electron chi connectivity index (χ1n) is 9.10. The highest BCUT2D eigenvalue weighted by Gasteiger charge is 2.19. The number of unbranched alkanes of at least 4 members (excludes halogenated alkanes) is 1. The molecule has 1 aromatic rings. The highest BCUT2D eigenvalue weighted by atomic mass is 16.2. The molecule has 1 fully saturated rings. The fourth-order valence-electron chi connectivity index (χ4n) is 3.11. The van der Waals surface area contributed by atoms with Crippen molar-refractivity contribution in [3.05, 3.63) is 29.8 Å². The second kappa shape index (κ2) is 9.56. The number of urea groups is 1. The maximum Gasteiger partial charge on any atom is 0.319 e. The Morgan fingerprint density at radius 3 is 2.43 bits per heavy atom. The maximum absolute atomic E-state index is 12.1. The van der Waals surface area contributed by atoms with Gasteiger partial charge in [-0.2, -0.15) is 0 Å². The van der Waals surface area contributed by atoms with Crippen LogP contribution in [0.3, 0.4) is 0 Å². The quantitative estimate of drug-likeness (QED) is 0.797. The molecule has 0 unspecified atom stereocenters. The predicted molar refractivity (Wildman–Crippen MR) is 97.0 cm³/mol. The Kier molecular flexibility index (Phi) is 7.40. The highest BCUT2D eigenvalue weighted by molar-refractivity contribution is 5.89. The van der Waals surface area contributed by atoms with Crippen LogP contribution in [0.4, 0.5) is 10.5 Å². The van der Waals surface area contributed by atoms with Crippen molar-refractivity contribution in [2.75, 3.05) is 25.0 Å². The molecule has 0 radical (unpaired) electrons. The van der Waals surface area contributed by atoms with E-state index in [1.807, 2.05) is 12.1 Å². The Morgan fingerprint density at radius 1 is 1.13 bits per heavy atom. The lowest BCUT2D eigenvalue weighted by atomic mass is 10.1. The van der Waals surface area contributed by atoms with Crippen molar-refractivity contribution in [3.8, 4) is 0 Å². The lowest BCUT2D eigenvalue weighted by molar-refractivity contribution is 0.196. The molecule has 0 aromatic heterocycles. The van der Waals surface area contributed by atoms with Gasteiger partial charge in [0.2, 0.25) is 0 Å². The molecule has 0 atom stereocenters. The van der Waals surface area contributed by atoms with Crippen LogP contribution >= 0.6 is 0 Å². The maximum atomic E-state index is 12.1. The monoisotopic (exact) mass is 317 g/mol. The van der Waals surface area contributed by atoms with Crippen molar-refractivity contribution >= 4 is 11.7 Å². The van der Waals surface area contributed by atoms with E-state index in [1.165, 1.54) is 31.4 Å². The smallest absolute Gasteiger partial charge is 0.319 e. The molecular weight excluding hydrogens is 286 g/mol. The number of aryl methyl sites for hydroxylation is 1. The summed E-state index contributed by atoms with van der Waals surface area (Å²) in [5.41, 5.74) is 2.20. The SMILES string of the molecule is CCCCc1ccc(NC(=O)NC2CCN(CCC)CC2)cc1. The van der Waals surface area contributed by atoms with E-state index in [2.05, 4.69) is 41.5 Å². The van der Waals surface area contributed by atoms with Crippen molar-refractivity contribution < 1.29 is 4.79 Å². The van der Waals surface area contributed by atoms with Crippen LogP contribution in [0, 0.1) is 0 Å². The van der Waals surface area contributed by atoms with E-state index < -0.39 is 0 Å². The van der Waals surface area contributed by atoms with Crippen LogP contribution in [0.5, 0.6) is 0 Å². The molecule has 0 bridgehead atoms. The first kappa shape index (κ1) is 17.8. The number of piperidine rings is 1. The molecule has 2 N–H and O–H groups in total. The highest BCUT2D eigenvalue weighted by Crippen LogP contribution is 2.13. The number of nitrogens with zero attached hydrogens (tertiary/aromatic N) is 1. The summed E-state index contributed by atoms with van der Waals surface area (Å²) < 4.78 is 0. The number of nitrogens with one attached hydrogen (secondary N) is 2. The number of anilines is 1. The lowest BCUT2D eigenvalue weighted by Crippen LogP contribution is -2.46. The number of amides is 2. The second-order valence-electron chi connectivity index (χ2n) is 6.51. The Morgan fingerprint density at radius 2 is 1.83 bits per heavy atom. The van der Waals surface area contributed by atoms with Crippen LogP contribution in [-0.2, 0) is 6.42 Å². The molecule has 1 aromatic carbocycles. The first-order valence-corrected chi connectivity index (χ1v) is 9.10. The van der Waals surface area contributed by atoms with Crippen molar-refractivity contribution in [2.24, 2.45) is 0 Å². The lowest BCUT2D eigenvalue weighted by Gasteiger charge is -2.32. The Labute approximate surface area is 140 Å². The molecule has 4 nitrogen and oxygen atoms in total. The number of hydrogen-bond donors (Lipinski definition) is 2. The van der Waals surface area contributed by atoms with Crippen molar-refractivity contribution in [1.29, 1.82) is 0 Å². The zero-order chi connectivity index (χ0) is 16.5. The van der Waals surface area contributed by atoms with Gasteiger partial charge < -0.3 is 15.5 Å². The minimum absolute atomic E-state index is 0.0831. The molecule has 0 spiro atoms. The van der Waals surface area contributed by atoms with Crippen LogP contribution in [-0.4, -0.2) is 36.6 Å². The largest absolute Gasteiger partial charge is 0.335 e. The van der Waals surface area contributed by atoms with Gasteiger partial charge in [0.05, 0.1) is 0 Å². The van der Waals surface area contributed by atoms with E-state index in [4.69, 9.17) is 0 Å². The molecule has 2 amide bonds. The Balaban J connectivity index is 1.72. The zero-order valence-electron chi connectivity index (χ0n) is 14.6. The molecule has 0 aliphatic carbocycles. The number of likely N-dealkylation sites (tertiary alicyclic amines) is 1. The van der Waals surface area contributed by atoms with Gasteiger partial charge in [0.15, 0.2) is 0 Å². The fraction of sp³-hybridized carbons (Fsp3) is 0.632. The van der Waals surface area contributed by atoms with Gasteiger partial charge >= 0.3 is 6.03 Å². The number of carbonyl (C=O) groups is 1. The number of benzene rings is 1. The average Bonchev–Trinajstić information content (AvgIpc) is 2.56. The van der Waals surface area contributed by atoms with Gasteiger partial charge in [-0.15, -0.1) is 0 Å². The number of rotatable bonds is 7. The van der Waals surface area contributed by atoms with Crippen LogP contribution in [0.2, 0.25) is 0 Å². The van der Waals surface area contributed by atoms with E-state index in [-0.39, 0.29) is 6.03 Å². The number of carbonyl (C=O) groups excluding carboxylic acids is 1. The topological polar surface area (TPSA) is 44.4 Å². The van der Waals surface area contributed by atoms with Gasteiger partial charge in [-0.3, -0.25) is 0 Å². The van der Waals surface area contributed by atoms with Crippen LogP contribution in [0.1, 0.15) is 51.5 Å². The van der Waals surface area contributed by atoms with E-state index in [0.717, 1.165) is 38.0 Å². The molecule has 2 rings (SSSR count). The summed E-state index contributed by atoms with van der Waals surface area (Å²) in [4.78, 5) is 14.6. The summed E-state index contributed by atoms with van der Waals surface area (Å²) in [6, 6.07) is 8.42. The zero-order valence-corrected chi connectivity index (χ0v) is 14.6. The van der Waals surface area contributed by atoms with E-state index in [9.17, 15) is 4.79 Å². The third-order valence-corrected chi connectivity index (χ3v) is 4.49. The normalized spacial score (nSPS) is 16.3. The summed E-state index contributed by atoms with van der Waals surface area (Å²) in [7, 11) is 0. The molecule has 1 heterocycles.